The SMILES string of the molecule is Nc1ccc2c(c1O)OOC2. The minimum atomic E-state index is -0.0417. The van der Waals surface area contributed by atoms with Crippen LogP contribution >= 0.6 is 0 Å². The molecule has 0 fully saturated rings. The average Bonchev–Trinajstić information content (AvgIpc) is 2.45. The fraction of sp³-hybridized carbons (Fsp3) is 0.143. The Morgan fingerprint density at radius 1 is 1.45 bits per heavy atom. The zero-order valence-corrected chi connectivity index (χ0v) is 5.70. The molecule has 3 N–H and O–H groups in total. The molecule has 0 aliphatic carbocycles. The first-order valence-corrected chi connectivity index (χ1v) is 3.19. The van der Waals surface area contributed by atoms with Crippen molar-refractivity contribution in [1.82, 2.24) is 0 Å². The number of nitrogens with two attached hydrogens (primary N) is 1. The van der Waals surface area contributed by atoms with Crippen LogP contribution in [0, 0.1) is 0 Å². The summed E-state index contributed by atoms with van der Waals surface area (Å²) in [5.41, 5.74) is 6.52. The fourth-order valence-electron chi connectivity index (χ4n) is 0.987. The van der Waals surface area contributed by atoms with Crippen LogP contribution < -0.4 is 10.6 Å². The molecule has 0 amide bonds. The number of fused-ring (bicyclic) bond motifs is 1. The molecule has 0 aromatic heterocycles. The van der Waals surface area contributed by atoms with Crippen LogP contribution in [-0.4, -0.2) is 5.11 Å². The second kappa shape index (κ2) is 2.03. The van der Waals surface area contributed by atoms with Gasteiger partial charge in [-0.05, 0) is 6.07 Å². The van der Waals surface area contributed by atoms with E-state index in [2.05, 4.69) is 9.78 Å². The largest absolute Gasteiger partial charge is 0.503 e. The summed E-state index contributed by atoms with van der Waals surface area (Å²) in [6.45, 7) is 0.364. The van der Waals surface area contributed by atoms with Crippen LogP contribution in [0.4, 0.5) is 5.69 Å². The lowest BCUT2D eigenvalue weighted by Crippen LogP contribution is -1.88. The molecule has 4 heteroatoms. The lowest BCUT2D eigenvalue weighted by molar-refractivity contribution is -0.195. The second-order valence-electron chi connectivity index (χ2n) is 2.34. The maximum absolute atomic E-state index is 9.29. The molecule has 0 radical (unpaired) electrons. The van der Waals surface area contributed by atoms with E-state index in [1.165, 1.54) is 0 Å². The van der Waals surface area contributed by atoms with Gasteiger partial charge in [0, 0.05) is 5.56 Å². The van der Waals surface area contributed by atoms with Crippen molar-refractivity contribution >= 4 is 5.69 Å². The lowest BCUT2D eigenvalue weighted by Gasteiger charge is -2.00. The molecule has 4 nitrogen and oxygen atoms in total. The number of phenols is 1. The Morgan fingerprint density at radius 3 is 3.09 bits per heavy atom. The van der Waals surface area contributed by atoms with Gasteiger partial charge < -0.3 is 15.7 Å². The average molecular weight is 153 g/mol. The normalized spacial score (nSPS) is 14.2. The number of rotatable bonds is 0. The molecule has 0 saturated carbocycles. The van der Waals surface area contributed by atoms with Crippen LogP contribution in [0.5, 0.6) is 11.5 Å². The number of phenolic OH excluding ortho intramolecular Hbond substituents is 1. The predicted octanol–water partition coefficient (Wildman–Crippen LogP) is 0.798. The highest BCUT2D eigenvalue weighted by Crippen LogP contribution is 2.39. The van der Waals surface area contributed by atoms with E-state index >= 15 is 0 Å². The monoisotopic (exact) mass is 153 g/mol. The highest BCUT2D eigenvalue weighted by molar-refractivity contribution is 5.62. The van der Waals surface area contributed by atoms with E-state index in [9.17, 15) is 5.11 Å². The Bertz CT molecular complexity index is 298. The van der Waals surface area contributed by atoms with Gasteiger partial charge in [-0.15, -0.1) is 0 Å². The molecular weight excluding hydrogens is 146 g/mol. The topological polar surface area (TPSA) is 64.7 Å². The third-order valence-corrected chi connectivity index (χ3v) is 1.60. The Balaban J connectivity index is 2.62. The van der Waals surface area contributed by atoms with Crippen molar-refractivity contribution in [3.8, 4) is 11.5 Å². The van der Waals surface area contributed by atoms with Crippen molar-refractivity contribution in [2.75, 3.05) is 5.73 Å². The van der Waals surface area contributed by atoms with E-state index in [1.807, 2.05) is 0 Å². The first-order valence-electron chi connectivity index (χ1n) is 3.19. The summed E-state index contributed by atoms with van der Waals surface area (Å²) in [5.74, 6) is 0.296. The van der Waals surface area contributed by atoms with Crippen LogP contribution in [0.3, 0.4) is 0 Å². The number of nitrogen functional groups attached to an aromatic ring is 1. The first-order chi connectivity index (χ1) is 5.29. The Hall–Kier alpha value is -1.42. The van der Waals surface area contributed by atoms with E-state index in [0.717, 1.165) is 5.56 Å². The molecule has 1 aliphatic rings. The Kier molecular flexibility index (Phi) is 1.16. The lowest BCUT2D eigenvalue weighted by atomic mass is 10.2. The van der Waals surface area contributed by atoms with Gasteiger partial charge in [-0.25, -0.2) is 0 Å². The highest BCUT2D eigenvalue weighted by atomic mass is 17.2. The van der Waals surface area contributed by atoms with Crippen molar-refractivity contribution in [3.63, 3.8) is 0 Å². The fourth-order valence-corrected chi connectivity index (χ4v) is 0.987. The van der Waals surface area contributed by atoms with Crippen molar-refractivity contribution in [2.24, 2.45) is 0 Å². The molecule has 2 rings (SSSR count). The molecule has 0 unspecified atom stereocenters. The quantitative estimate of drug-likeness (QED) is 0.328. The molecule has 1 aromatic carbocycles. The Labute approximate surface area is 63.1 Å². The van der Waals surface area contributed by atoms with E-state index < -0.39 is 0 Å². The van der Waals surface area contributed by atoms with Crippen LogP contribution in [0.15, 0.2) is 12.1 Å². The summed E-state index contributed by atoms with van der Waals surface area (Å²) < 4.78 is 0. The van der Waals surface area contributed by atoms with Crippen molar-refractivity contribution in [3.05, 3.63) is 17.7 Å². The standard InChI is InChI=1S/C7H7NO3/c8-5-2-1-4-3-10-11-7(4)6(5)9/h1-2,9H,3,8H2. The minimum Gasteiger partial charge on any atom is -0.503 e. The summed E-state index contributed by atoms with van der Waals surface area (Å²) in [4.78, 5) is 9.32. The number of hydrogen-bond donors (Lipinski definition) is 2. The number of aromatic hydroxyl groups is 1. The summed E-state index contributed by atoms with van der Waals surface area (Å²) in [7, 11) is 0. The van der Waals surface area contributed by atoms with Crippen molar-refractivity contribution < 1.29 is 14.9 Å². The van der Waals surface area contributed by atoms with Crippen LogP contribution in [-0.2, 0) is 11.5 Å². The van der Waals surface area contributed by atoms with Gasteiger partial charge >= 0.3 is 0 Å². The highest BCUT2D eigenvalue weighted by Gasteiger charge is 2.19. The van der Waals surface area contributed by atoms with Gasteiger partial charge in [0.25, 0.3) is 0 Å². The molecule has 1 aliphatic heterocycles. The van der Waals surface area contributed by atoms with Crippen LogP contribution in [0.25, 0.3) is 0 Å². The maximum atomic E-state index is 9.29. The molecule has 11 heavy (non-hydrogen) atoms. The number of anilines is 1. The molecule has 0 bridgehead atoms. The van der Waals surface area contributed by atoms with Gasteiger partial charge in [0.15, 0.2) is 5.75 Å². The van der Waals surface area contributed by atoms with Crippen molar-refractivity contribution in [1.29, 1.82) is 0 Å². The van der Waals surface area contributed by atoms with Gasteiger partial charge in [-0.3, -0.25) is 0 Å². The van der Waals surface area contributed by atoms with E-state index in [-0.39, 0.29) is 5.75 Å². The summed E-state index contributed by atoms with van der Waals surface area (Å²) in [6.07, 6.45) is 0. The molecule has 1 aromatic rings. The second-order valence-corrected chi connectivity index (χ2v) is 2.34. The maximum Gasteiger partial charge on any atom is 0.214 e. The predicted molar refractivity (Wildman–Crippen MR) is 37.9 cm³/mol. The summed E-state index contributed by atoms with van der Waals surface area (Å²) in [5, 5.41) is 9.29. The van der Waals surface area contributed by atoms with Crippen molar-refractivity contribution in [2.45, 2.75) is 6.61 Å². The molecule has 58 valence electrons. The summed E-state index contributed by atoms with van der Waals surface area (Å²) in [6, 6.07) is 3.38. The molecule has 0 atom stereocenters. The summed E-state index contributed by atoms with van der Waals surface area (Å²) >= 11 is 0. The molecule has 0 saturated heterocycles. The Morgan fingerprint density at radius 2 is 2.27 bits per heavy atom. The van der Waals surface area contributed by atoms with Gasteiger partial charge in [-0.2, -0.15) is 4.89 Å². The molecule has 1 heterocycles. The van der Waals surface area contributed by atoms with Gasteiger partial charge in [0.1, 0.15) is 6.61 Å². The van der Waals surface area contributed by atoms with Crippen LogP contribution in [0.2, 0.25) is 0 Å². The first kappa shape index (κ1) is 6.30. The number of hydrogen-bond acceptors (Lipinski definition) is 4. The number of benzene rings is 1. The molecular formula is C7H7NO3. The third-order valence-electron chi connectivity index (χ3n) is 1.60. The third kappa shape index (κ3) is 0.798. The van der Waals surface area contributed by atoms with Gasteiger partial charge in [-0.1, -0.05) is 6.07 Å². The van der Waals surface area contributed by atoms with Crippen LogP contribution in [0.1, 0.15) is 5.56 Å². The zero-order chi connectivity index (χ0) is 7.84. The van der Waals surface area contributed by atoms with Gasteiger partial charge in [0.05, 0.1) is 5.69 Å². The smallest absolute Gasteiger partial charge is 0.214 e. The van der Waals surface area contributed by atoms with E-state index in [1.54, 1.807) is 12.1 Å². The zero-order valence-electron chi connectivity index (χ0n) is 5.70. The van der Waals surface area contributed by atoms with E-state index in [0.29, 0.717) is 18.0 Å². The van der Waals surface area contributed by atoms with E-state index in [4.69, 9.17) is 5.73 Å². The minimum absolute atomic E-state index is 0.0417. The molecule has 0 spiro atoms. The van der Waals surface area contributed by atoms with Gasteiger partial charge in [0.2, 0.25) is 5.75 Å².